The highest BCUT2D eigenvalue weighted by atomic mass is 35.5. The predicted molar refractivity (Wildman–Crippen MR) is 66.2 cm³/mol. The molecule has 0 spiro atoms. The number of halogens is 1. The average molecular weight is 234 g/mol. The highest BCUT2D eigenvalue weighted by Gasteiger charge is 2.11. The van der Waals surface area contributed by atoms with Crippen molar-refractivity contribution in [3.8, 4) is 0 Å². The molecular formula is C13H12ClNO. The number of carbonyl (C=O) groups is 1. The van der Waals surface area contributed by atoms with Crippen LogP contribution in [0, 0.1) is 0 Å². The van der Waals surface area contributed by atoms with Gasteiger partial charge in [-0.3, -0.25) is 9.78 Å². The Morgan fingerprint density at radius 1 is 1.38 bits per heavy atom. The van der Waals surface area contributed by atoms with Crippen LogP contribution in [0.2, 0.25) is 5.02 Å². The van der Waals surface area contributed by atoms with Crippen molar-refractivity contribution >= 4 is 28.8 Å². The maximum atomic E-state index is 11.0. The first-order chi connectivity index (χ1) is 7.63. The number of carbonyl (C=O) groups excluding carboxylic acids is 1. The van der Waals surface area contributed by atoms with E-state index in [1.807, 2.05) is 18.2 Å². The summed E-state index contributed by atoms with van der Waals surface area (Å²) in [5, 5.41) is 1.66. The molecular weight excluding hydrogens is 222 g/mol. The molecule has 0 aliphatic rings. The van der Waals surface area contributed by atoms with Gasteiger partial charge in [-0.25, -0.2) is 0 Å². The summed E-state index contributed by atoms with van der Waals surface area (Å²) in [5.74, 6) is 0.284. The summed E-state index contributed by atoms with van der Waals surface area (Å²) in [4.78, 5) is 15.2. The van der Waals surface area contributed by atoms with Crippen LogP contribution in [0.4, 0.5) is 0 Å². The molecule has 2 rings (SSSR count). The minimum absolute atomic E-state index is 0.284. The zero-order valence-electron chi connectivity index (χ0n) is 9.20. The summed E-state index contributed by atoms with van der Waals surface area (Å²) in [6, 6.07) is 5.57. The fourth-order valence-corrected chi connectivity index (χ4v) is 2.11. The Morgan fingerprint density at radius 3 is 2.75 bits per heavy atom. The monoisotopic (exact) mass is 233 g/mol. The van der Waals surface area contributed by atoms with Crippen LogP contribution in [-0.4, -0.2) is 11.3 Å². The minimum atomic E-state index is 0.284. The van der Waals surface area contributed by atoms with Crippen molar-refractivity contribution in [2.75, 3.05) is 0 Å². The molecule has 0 aliphatic carbocycles. The van der Waals surface area contributed by atoms with Gasteiger partial charge in [-0.2, -0.15) is 0 Å². The zero-order valence-corrected chi connectivity index (χ0v) is 9.95. The number of aldehydes is 1. The standard InChI is InChI=1S/C13H12ClNO/c1-8(2)13-9(7-16)6-15-12-5-10(14)3-4-11(12)13/h3-8H,1-2H3. The molecule has 0 bridgehead atoms. The Labute approximate surface area is 99.3 Å². The Balaban J connectivity index is 2.84. The molecule has 0 saturated heterocycles. The highest BCUT2D eigenvalue weighted by molar-refractivity contribution is 6.31. The van der Waals surface area contributed by atoms with Crippen molar-refractivity contribution in [2.45, 2.75) is 19.8 Å². The molecule has 3 heteroatoms. The lowest BCUT2D eigenvalue weighted by Gasteiger charge is -2.12. The van der Waals surface area contributed by atoms with Crippen LogP contribution < -0.4 is 0 Å². The first-order valence-electron chi connectivity index (χ1n) is 5.17. The van der Waals surface area contributed by atoms with Crippen LogP contribution in [0.15, 0.2) is 24.4 Å². The summed E-state index contributed by atoms with van der Waals surface area (Å²) < 4.78 is 0. The Kier molecular flexibility index (Phi) is 2.92. The van der Waals surface area contributed by atoms with Gasteiger partial charge in [0.1, 0.15) is 0 Å². The molecule has 0 aliphatic heterocycles. The molecule has 1 heterocycles. The molecule has 1 aromatic heterocycles. The van der Waals surface area contributed by atoms with E-state index in [-0.39, 0.29) is 5.92 Å². The van der Waals surface area contributed by atoms with Gasteiger partial charge < -0.3 is 0 Å². The first kappa shape index (κ1) is 11.1. The van der Waals surface area contributed by atoms with Crippen molar-refractivity contribution in [3.63, 3.8) is 0 Å². The number of nitrogens with zero attached hydrogens (tertiary/aromatic N) is 1. The van der Waals surface area contributed by atoms with Gasteiger partial charge in [0.2, 0.25) is 0 Å². The molecule has 0 radical (unpaired) electrons. The van der Waals surface area contributed by atoms with Gasteiger partial charge in [0.15, 0.2) is 6.29 Å². The van der Waals surface area contributed by atoms with E-state index in [9.17, 15) is 4.79 Å². The number of rotatable bonds is 2. The molecule has 0 unspecified atom stereocenters. The molecule has 16 heavy (non-hydrogen) atoms. The van der Waals surface area contributed by atoms with Gasteiger partial charge in [-0.1, -0.05) is 31.5 Å². The summed E-state index contributed by atoms with van der Waals surface area (Å²) in [6.45, 7) is 4.13. The van der Waals surface area contributed by atoms with E-state index >= 15 is 0 Å². The van der Waals surface area contributed by atoms with Crippen LogP contribution in [-0.2, 0) is 0 Å². The van der Waals surface area contributed by atoms with Crippen molar-refractivity contribution < 1.29 is 4.79 Å². The summed E-state index contributed by atoms with van der Waals surface area (Å²) in [6.07, 6.45) is 2.47. The molecule has 0 N–H and O–H groups in total. The van der Waals surface area contributed by atoms with E-state index in [1.165, 1.54) is 0 Å². The van der Waals surface area contributed by atoms with E-state index in [0.717, 1.165) is 22.8 Å². The van der Waals surface area contributed by atoms with E-state index in [2.05, 4.69) is 18.8 Å². The number of hydrogen-bond acceptors (Lipinski definition) is 2. The van der Waals surface area contributed by atoms with Crippen LogP contribution in [0.1, 0.15) is 35.7 Å². The van der Waals surface area contributed by atoms with E-state index in [1.54, 1.807) is 6.20 Å². The SMILES string of the molecule is CC(C)c1c(C=O)cnc2cc(Cl)ccc12. The Hall–Kier alpha value is -1.41. The minimum Gasteiger partial charge on any atom is -0.298 e. The van der Waals surface area contributed by atoms with Crippen LogP contribution in [0.5, 0.6) is 0 Å². The van der Waals surface area contributed by atoms with Crippen molar-refractivity contribution in [1.29, 1.82) is 0 Å². The molecule has 0 amide bonds. The number of hydrogen-bond donors (Lipinski definition) is 0. The third kappa shape index (κ3) is 1.81. The van der Waals surface area contributed by atoms with E-state index in [0.29, 0.717) is 10.6 Å². The average Bonchev–Trinajstić information content (AvgIpc) is 2.26. The van der Waals surface area contributed by atoms with Gasteiger partial charge in [0.25, 0.3) is 0 Å². The van der Waals surface area contributed by atoms with Gasteiger partial charge in [0, 0.05) is 22.2 Å². The van der Waals surface area contributed by atoms with E-state index < -0.39 is 0 Å². The second-order valence-corrected chi connectivity index (χ2v) is 4.50. The molecule has 1 aromatic carbocycles. The summed E-state index contributed by atoms with van der Waals surface area (Å²) >= 11 is 5.91. The van der Waals surface area contributed by atoms with Crippen LogP contribution >= 0.6 is 11.6 Å². The number of aromatic nitrogens is 1. The predicted octanol–water partition coefficient (Wildman–Crippen LogP) is 3.82. The van der Waals surface area contributed by atoms with Crippen molar-refractivity contribution in [1.82, 2.24) is 4.98 Å². The summed E-state index contributed by atoms with van der Waals surface area (Å²) in [5.41, 5.74) is 2.53. The fourth-order valence-electron chi connectivity index (χ4n) is 1.94. The maximum Gasteiger partial charge on any atom is 0.151 e. The Morgan fingerprint density at radius 2 is 2.12 bits per heavy atom. The maximum absolute atomic E-state index is 11.0. The third-order valence-corrected chi connectivity index (χ3v) is 2.84. The normalized spacial score (nSPS) is 11.0. The molecule has 2 aromatic rings. The summed E-state index contributed by atoms with van der Waals surface area (Å²) in [7, 11) is 0. The van der Waals surface area contributed by atoms with Crippen LogP contribution in [0.25, 0.3) is 10.9 Å². The zero-order chi connectivity index (χ0) is 11.7. The number of benzene rings is 1. The fraction of sp³-hybridized carbons (Fsp3) is 0.231. The molecule has 0 saturated carbocycles. The molecule has 0 fully saturated rings. The van der Waals surface area contributed by atoms with Crippen LogP contribution in [0.3, 0.4) is 0 Å². The quantitative estimate of drug-likeness (QED) is 0.738. The molecule has 0 atom stereocenters. The van der Waals surface area contributed by atoms with Crippen molar-refractivity contribution in [3.05, 3.63) is 40.5 Å². The second kappa shape index (κ2) is 4.22. The largest absolute Gasteiger partial charge is 0.298 e. The topological polar surface area (TPSA) is 30.0 Å². The second-order valence-electron chi connectivity index (χ2n) is 4.06. The lowest BCUT2D eigenvalue weighted by Crippen LogP contribution is -1.98. The first-order valence-corrected chi connectivity index (χ1v) is 5.54. The molecule has 2 nitrogen and oxygen atoms in total. The number of pyridine rings is 1. The van der Waals surface area contributed by atoms with E-state index in [4.69, 9.17) is 11.6 Å². The van der Waals surface area contributed by atoms with Crippen molar-refractivity contribution in [2.24, 2.45) is 0 Å². The number of fused-ring (bicyclic) bond motifs is 1. The lowest BCUT2D eigenvalue weighted by atomic mass is 9.95. The lowest BCUT2D eigenvalue weighted by molar-refractivity contribution is 0.112. The smallest absolute Gasteiger partial charge is 0.151 e. The highest BCUT2D eigenvalue weighted by Crippen LogP contribution is 2.28. The Bertz CT molecular complexity index is 549. The van der Waals surface area contributed by atoms with Gasteiger partial charge in [0.05, 0.1) is 5.52 Å². The van der Waals surface area contributed by atoms with Gasteiger partial charge in [-0.15, -0.1) is 0 Å². The molecule has 82 valence electrons. The van der Waals surface area contributed by atoms with Gasteiger partial charge in [-0.05, 0) is 23.6 Å². The third-order valence-electron chi connectivity index (χ3n) is 2.61. The van der Waals surface area contributed by atoms with Gasteiger partial charge >= 0.3 is 0 Å².